The van der Waals surface area contributed by atoms with Gasteiger partial charge in [0.15, 0.2) is 0 Å². The van der Waals surface area contributed by atoms with Gasteiger partial charge in [0.1, 0.15) is 5.60 Å². The molecule has 22 heavy (non-hydrogen) atoms. The fourth-order valence-electron chi connectivity index (χ4n) is 2.69. The lowest BCUT2D eigenvalue weighted by atomic mass is 9.84. The van der Waals surface area contributed by atoms with Crippen LogP contribution in [0.1, 0.15) is 32.8 Å². The summed E-state index contributed by atoms with van der Waals surface area (Å²) in [5.74, 6) is 0. The van der Waals surface area contributed by atoms with Crippen LogP contribution in [-0.4, -0.2) is 41.8 Å². The Morgan fingerprint density at radius 3 is 2.55 bits per heavy atom. The maximum absolute atomic E-state index is 11.8. The zero-order valence-electron chi connectivity index (χ0n) is 13.8. The van der Waals surface area contributed by atoms with Crippen LogP contribution in [0.15, 0.2) is 30.3 Å². The van der Waals surface area contributed by atoms with Crippen molar-refractivity contribution in [1.82, 2.24) is 10.2 Å². The Kier molecular flexibility index (Phi) is 5.08. The molecule has 1 heterocycles. The average Bonchev–Trinajstić information content (AvgIpc) is 2.44. The second-order valence-corrected chi connectivity index (χ2v) is 6.94. The molecule has 5 nitrogen and oxygen atoms in total. The number of alkyl carbamates (subject to hydrolysis) is 1. The van der Waals surface area contributed by atoms with Crippen LogP contribution in [0, 0.1) is 0 Å². The van der Waals surface area contributed by atoms with Gasteiger partial charge in [0.2, 0.25) is 0 Å². The van der Waals surface area contributed by atoms with Crippen molar-refractivity contribution in [2.45, 2.75) is 44.9 Å². The summed E-state index contributed by atoms with van der Waals surface area (Å²) < 4.78 is 5.29. The van der Waals surface area contributed by atoms with E-state index in [9.17, 15) is 4.79 Å². The summed E-state index contributed by atoms with van der Waals surface area (Å²) in [6, 6.07) is 10.3. The Labute approximate surface area is 132 Å². The quantitative estimate of drug-likeness (QED) is 0.874. The van der Waals surface area contributed by atoms with Gasteiger partial charge < -0.3 is 15.8 Å². The van der Waals surface area contributed by atoms with Crippen LogP contribution in [-0.2, 0) is 11.3 Å². The number of nitrogens with zero attached hydrogens (tertiary/aromatic N) is 1. The number of amides is 1. The summed E-state index contributed by atoms with van der Waals surface area (Å²) in [5, 5.41) is 2.87. The van der Waals surface area contributed by atoms with Crippen LogP contribution in [0.3, 0.4) is 0 Å². The van der Waals surface area contributed by atoms with Gasteiger partial charge >= 0.3 is 6.09 Å². The van der Waals surface area contributed by atoms with Gasteiger partial charge in [0, 0.05) is 26.2 Å². The molecule has 3 N–H and O–H groups in total. The van der Waals surface area contributed by atoms with E-state index in [2.05, 4.69) is 22.3 Å². The van der Waals surface area contributed by atoms with Crippen molar-refractivity contribution in [3.8, 4) is 0 Å². The molecule has 1 aliphatic heterocycles. The average molecular weight is 305 g/mol. The minimum Gasteiger partial charge on any atom is -0.444 e. The Morgan fingerprint density at radius 1 is 1.36 bits per heavy atom. The number of hydrogen-bond donors (Lipinski definition) is 2. The Hall–Kier alpha value is -1.59. The van der Waals surface area contributed by atoms with Crippen LogP contribution in [0.5, 0.6) is 0 Å². The number of benzene rings is 1. The van der Waals surface area contributed by atoms with Gasteiger partial charge in [-0.15, -0.1) is 0 Å². The zero-order chi connectivity index (χ0) is 16.2. The van der Waals surface area contributed by atoms with Gasteiger partial charge in [-0.25, -0.2) is 4.79 Å². The fourth-order valence-corrected chi connectivity index (χ4v) is 2.69. The molecular weight excluding hydrogens is 278 g/mol. The third kappa shape index (κ3) is 4.21. The standard InChI is InChI=1S/C17H27N3O2/c1-16(2,3)22-15(21)19-13-17(12-18)9-10-20(17)11-14-7-5-4-6-8-14/h4-8H,9-13,18H2,1-3H3,(H,19,21). The second kappa shape index (κ2) is 6.67. The van der Waals surface area contributed by atoms with Crippen molar-refractivity contribution in [1.29, 1.82) is 0 Å². The van der Waals surface area contributed by atoms with Crippen LogP contribution >= 0.6 is 0 Å². The molecule has 1 aromatic rings. The zero-order valence-corrected chi connectivity index (χ0v) is 13.8. The largest absolute Gasteiger partial charge is 0.444 e. The van der Waals surface area contributed by atoms with Gasteiger partial charge in [-0.3, -0.25) is 4.90 Å². The SMILES string of the molecule is CC(C)(C)OC(=O)NCC1(CN)CCN1Cc1ccccc1. The normalized spacial score (nSPS) is 22.0. The summed E-state index contributed by atoms with van der Waals surface area (Å²) in [4.78, 5) is 14.2. The maximum atomic E-state index is 11.8. The lowest BCUT2D eigenvalue weighted by Crippen LogP contribution is -2.68. The molecular formula is C17H27N3O2. The number of rotatable bonds is 5. The van der Waals surface area contributed by atoms with E-state index in [0.29, 0.717) is 13.1 Å². The number of hydrogen-bond acceptors (Lipinski definition) is 4. The molecule has 0 aliphatic carbocycles. The van der Waals surface area contributed by atoms with Crippen LogP contribution in [0.25, 0.3) is 0 Å². The first kappa shape index (κ1) is 16.8. The van der Waals surface area contributed by atoms with Crippen LogP contribution < -0.4 is 11.1 Å². The lowest BCUT2D eigenvalue weighted by molar-refractivity contribution is -0.0174. The molecule has 5 heteroatoms. The first-order valence-corrected chi connectivity index (χ1v) is 7.81. The third-order valence-corrected chi connectivity index (χ3v) is 4.07. The molecule has 1 atom stereocenters. The highest BCUT2D eigenvalue weighted by atomic mass is 16.6. The molecule has 1 fully saturated rings. The van der Waals surface area contributed by atoms with Crippen molar-refractivity contribution < 1.29 is 9.53 Å². The Bertz CT molecular complexity index is 494. The summed E-state index contributed by atoms with van der Waals surface area (Å²) in [6.45, 7) is 8.47. The van der Waals surface area contributed by atoms with E-state index in [1.165, 1.54) is 5.56 Å². The molecule has 0 aromatic heterocycles. The summed E-state index contributed by atoms with van der Waals surface area (Å²) in [7, 11) is 0. The minimum absolute atomic E-state index is 0.160. The van der Waals surface area contributed by atoms with E-state index >= 15 is 0 Å². The van der Waals surface area contributed by atoms with Gasteiger partial charge in [0.25, 0.3) is 0 Å². The van der Waals surface area contributed by atoms with Crippen molar-refractivity contribution in [3.05, 3.63) is 35.9 Å². The first-order chi connectivity index (χ1) is 10.3. The molecule has 1 unspecified atom stereocenters. The monoisotopic (exact) mass is 305 g/mol. The number of nitrogens with two attached hydrogens (primary N) is 1. The fraction of sp³-hybridized carbons (Fsp3) is 0.588. The van der Waals surface area contributed by atoms with Crippen molar-refractivity contribution in [3.63, 3.8) is 0 Å². The predicted octanol–water partition coefficient (Wildman–Crippen LogP) is 2.11. The van der Waals surface area contributed by atoms with Crippen molar-refractivity contribution >= 4 is 6.09 Å². The molecule has 0 bridgehead atoms. The van der Waals surface area contributed by atoms with Gasteiger partial charge in [-0.05, 0) is 32.8 Å². The molecule has 1 aromatic carbocycles. The number of nitrogens with one attached hydrogen (secondary N) is 1. The molecule has 1 aliphatic rings. The van der Waals surface area contributed by atoms with Crippen LogP contribution in [0.2, 0.25) is 0 Å². The maximum Gasteiger partial charge on any atom is 0.407 e. The van der Waals surface area contributed by atoms with E-state index in [1.807, 2.05) is 39.0 Å². The summed E-state index contributed by atoms with van der Waals surface area (Å²) in [5.41, 5.74) is 6.61. The van der Waals surface area contributed by atoms with E-state index in [1.54, 1.807) is 0 Å². The van der Waals surface area contributed by atoms with Gasteiger partial charge in [0.05, 0.1) is 5.54 Å². The minimum atomic E-state index is -0.483. The Balaban J connectivity index is 1.90. The van der Waals surface area contributed by atoms with E-state index in [0.717, 1.165) is 19.5 Å². The number of likely N-dealkylation sites (tertiary alicyclic amines) is 1. The van der Waals surface area contributed by atoms with Gasteiger partial charge in [-0.1, -0.05) is 30.3 Å². The molecule has 2 rings (SSSR count). The van der Waals surface area contributed by atoms with Gasteiger partial charge in [-0.2, -0.15) is 0 Å². The second-order valence-electron chi connectivity index (χ2n) is 6.94. The lowest BCUT2D eigenvalue weighted by Gasteiger charge is -2.52. The molecule has 122 valence electrons. The number of carbonyl (C=O) groups is 1. The summed E-state index contributed by atoms with van der Waals surface area (Å²) >= 11 is 0. The van der Waals surface area contributed by atoms with Crippen LogP contribution in [0.4, 0.5) is 4.79 Å². The van der Waals surface area contributed by atoms with Crippen molar-refractivity contribution in [2.75, 3.05) is 19.6 Å². The molecule has 0 saturated carbocycles. The predicted molar refractivity (Wildman–Crippen MR) is 87.5 cm³/mol. The van der Waals surface area contributed by atoms with Crippen molar-refractivity contribution in [2.24, 2.45) is 5.73 Å². The van der Waals surface area contributed by atoms with E-state index < -0.39 is 5.60 Å². The molecule has 0 radical (unpaired) electrons. The third-order valence-electron chi connectivity index (χ3n) is 4.07. The highest BCUT2D eigenvalue weighted by Crippen LogP contribution is 2.31. The highest BCUT2D eigenvalue weighted by molar-refractivity contribution is 5.67. The smallest absolute Gasteiger partial charge is 0.407 e. The highest BCUT2D eigenvalue weighted by Gasteiger charge is 2.43. The first-order valence-electron chi connectivity index (χ1n) is 7.81. The molecule has 1 amide bonds. The Morgan fingerprint density at radius 2 is 2.05 bits per heavy atom. The number of carbonyl (C=O) groups excluding carboxylic acids is 1. The summed E-state index contributed by atoms with van der Waals surface area (Å²) in [6.07, 6.45) is 0.610. The van der Waals surface area contributed by atoms with E-state index in [-0.39, 0.29) is 11.6 Å². The van der Waals surface area contributed by atoms with E-state index in [4.69, 9.17) is 10.5 Å². The molecule has 0 spiro atoms. The number of ether oxygens (including phenoxy) is 1. The molecule has 1 saturated heterocycles. The topological polar surface area (TPSA) is 67.6 Å².